The van der Waals surface area contributed by atoms with E-state index in [0.717, 1.165) is 39.3 Å². The van der Waals surface area contributed by atoms with Crippen LogP contribution >= 0.6 is 0 Å². The Morgan fingerprint density at radius 1 is 0.931 bits per heavy atom. The molecule has 1 atom stereocenters. The molecule has 1 aliphatic rings. The normalized spacial score (nSPS) is 17.4. The van der Waals surface area contributed by atoms with Crippen molar-refractivity contribution in [2.24, 2.45) is 0 Å². The molecule has 1 unspecified atom stereocenters. The summed E-state index contributed by atoms with van der Waals surface area (Å²) in [7, 11) is 0. The van der Waals surface area contributed by atoms with Crippen molar-refractivity contribution in [1.29, 1.82) is 5.26 Å². The summed E-state index contributed by atoms with van der Waals surface area (Å²) in [6, 6.07) is 16.6. The van der Waals surface area contributed by atoms with E-state index in [2.05, 4.69) is 9.80 Å². The highest BCUT2D eigenvalue weighted by molar-refractivity contribution is 5.28. The first-order chi connectivity index (χ1) is 14.1. The van der Waals surface area contributed by atoms with Crippen LogP contribution in [0.4, 0.5) is 8.78 Å². The van der Waals surface area contributed by atoms with Crippen LogP contribution in [0.2, 0.25) is 0 Å². The van der Waals surface area contributed by atoms with E-state index in [1.54, 1.807) is 36.4 Å². The number of piperazine rings is 1. The molecule has 0 spiro atoms. The third-order valence-electron chi connectivity index (χ3n) is 5.36. The molecule has 4 nitrogen and oxygen atoms in total. The number of halogens is 2. The summed E-state index contributed by atoms with van der Waals surface area (Å²) in [6.07, 6.45) is 0.853. The lowest BCUT2D eigenvalue weighted by atomic mass is 9.92. The fraction of sp³-hybridized carbons (Fsp3) is 0.435. The molecule has 1 heterocycles. The Bertz CT molecular complexity index is 786. The number of nitriles is 1. The summed E-state index contributed by atoms with van der Waals surface area (Å²) in [5, 5.41) is 9.31. The van der Waals surface area contributed by atoms with Gasteiger partial charge in [-0.25, -0.2) is 8.78 Å². The minimum Gasteiger partial charge on any atom is -0.492 e. The third-order valence-corrected chi connectivity index (χ3v) is 5.36. The van der Waals surface area contributed by atoms with Crippen LogP contribution in [-0.2, 0) is 5.67 Å². The molecule has 29 heavy (non-hydrogen) atoms. The first-order valence-corrected chi connectivity index (χ1v) is 10.1. The lowest BCUT2D eigenvalue weighted by molar-refractivity contribution is 0.111. The quantitative estimate of drug-likeness (QED) is 0.639. The Hall–Kier alpha value is -2.49. The van der Waals surface area contributed by atoms with Crippen molar-refractivity contribution in [2.75, 3.05) is 45.9 Å². The predicted octanol–water partition coefficient (Wildman–Crippen LogP) is 3.99. The number of rotatable bonds is 9. The van der Waals surface area contributed by atoms with Crippen molar-refractivity contribution in [3.63, 3.8) is 0 Å². The molecule has 0 radical (unpaired) electrons. The molecule has 6 heteroatoms. The Morgan fingerprint density at radius 3 is 2.17 bits per heavy atom. The highest BCUT2D eigenvalue weighted by atomic mass is 19.1. The molecule has 154 valence electrons. The van der Waals surface area contributed by atoms with Gasteiger partial charge in [-0.2, -0.15) is 5.26 Å². The Balaban J connectivity index is 1.33. The maximum Gasteiger partial charge on any atom is 0.221 e. The summed E-state index contributed by atoms with van der Waals surface area (Å²) >= 11 is 0. The van der Waals surface area contributed by atoms with Crippen LogP contribution in [0.25, 0.3) is 0 Å². The van der Waals surface area contributed by atoms with Gasteiger partial charge in [0.1, 0.15) is 24.2 Å². The predicted molar refractivity (Wildman–Crippen MR) is 109 cm³/mol. The van der Waals surface area contributed by atoms with Crippen molar-refractivity contribution < 1.29 is 13.5 Å². The lowest BCUT2D eigenvalue weighted by Gasteiger charge is -2.34. The fourth-order valence-electron chi connectivity index (χ4n) is 3.57. The maximum atomic E-state index is 14.9. The van der Waals surface area contributed by atoms with Crippen molar-refractivity contribution >= 4 is 0 Å². The van der Waals surface area contributed by atoms with Crippen LogP contribution in [0.15, 0.2) is 54.6 Å². The molecule has 2 aromatic rings. The van der Waals surface area contributed by atoms with Crippen LogP contribution in [0, 0.1) is 17.1 Å². The van der Waals surface area contributed by atoms with E-state index >= 15 is 0 Å². The van der Waals surface area contributed by atoms with Crippen LogP contribution in [-0.4, -0.2) is 55.7 Å². The zero-order chi connectivity index (χ0) is 20.5. The van der Waals surface area contributed by atoms with E-state index in [0.29, 0.717) is 24.3 Å². The van der Waals surface area contributed by atoms with Gasteiger partial charge in [0.05, 0.1) is 0 Å². The monoisotopic (exact) mass is 399 g/mol. The van der Waals surface area contributed by atoms with Crippen LogP contribution in [0.3, 0.4) is 0 Å². The number of ether oxygens (including phenoxy) is 1. The molecule has 0 amide bonds. The Morgan fingerprint density at radius 2 is 1.55 bits per heavy atom. The van der Waals surface area contributed by atoms with Crippen LogP contribution < -0.4 is 4.74 Å². The molecule has 1 aliphatic heterocycles. The SMILES string of the molecule is N#CC(F)(CCCN1CCN(CCOc2ccc(F)cc2)CC1)c1ccccc1. The maximum absolute atomic E-state index is 14.9. The lowest BCUT2D eigenvalue weighted by Crippen LogP contribution is -2.47. The zero-order valence-corrected chi connectivity index (χ0v) is 16.6. The molecule has 1 saturated heterocycles. The highest BCUT2D eigenvalue weighted by Gasteiger charge is 2.31. The second kappa shape index (κ2) is 10.3. The fourth-order valence-corrected chi connectivity index (χ4v) is 3.57. The minimum atomic E-state index is -1.92. The first kappa shape index (κ1) is 21.2. The largest absolute Gasteiger partial charge is 0.492 e. The molecular formula is C23H27F2N3O. The van der Waals surface area contributed by atoms with Crippen molar-refractivity contribution in [3.8, 4) is 11.8 Å². The minimum absolute atomic E-state index is 0.208. The standard InChI is InChI=1S/C23H27F2N3O/c24-21-7-9-22(10-8-21)29-18-17-28-15-13-27(14-16-28)12-4-11-23(25,19-26)20-5-2-1-3-6-20/h1-3,5-10H,4,11-18H2. The molecule has 0 saturated carbocycles. The molecule has 0 aromatic heterocycles. The van der Waals surface area contributed by atoms with Gasteiger partial charge < -0.3 is 9.64 Å². The van der Waals surface area contributed by atoms with Gasteiger partial charge in [0.15, 0.2) is 0 Å². The van der Waals surface area contributed by atoms with Crippen molar-refractivity contribution in [2.45, 2.75) is 18.5 Å². The molecule has 0 bridgehead atoms. The summed E-state index contributed by atoms with van der Waals surface area (Å²) < 4.78 is 33.5. The molecular weight excluding hydrogens is 372 g/mol. The van der Waals surface area contributed by atoms with E-state index in [-0.39, 0.29) is 12.2 Å². The second-order valence-electron chi connectivity index (χ2n) is 7.37. The van der Waals surface area contributed by atoms with Gasteiger partial charge in [0, 0.05) is 44.7 Å². The Labute approximate surface area is 171 Å². The average Bonchev–Trinajstić information content (AvgIpc) is 2.77. The summed E-state index contributed by atoms with van der Waals surface area (Å²) in [5.41, 5.74) is -1.48. The van der Waals surface area contributed by atoms with Crippen LogP contribution in [0.1, 0.15) is 18.4 Å². The molecule has 0 aliphatic carbocycles. The van der Waals surface area contributed by atoms with E-state index in [1.807, 2.05) is 12.1 Å². The number of hydrogen-bond acceptors (Lipinski definition) is 4. The molecule has 2 aromatic carbocycles. The topological polar surface area (TPSA) is 39.5 Å². The smallest absolute Gasteiger partial charge is 0.221 e. The number of nitrogens with zero attached hydrogens (tertiary/aromatic N) is 3. The van der Waals surface area contributed by atoms with Crippen molar-refractivity contribution in [1.82, 2.24) is 9.80 Å². The number of alkyl halides is 1. The molecule has 1 fully saturated rings. The summed E-state index contributed by atoms with van der Waals surface area (Å²) in [6.45, 7) is 5.90. The van der Waals surface area contributed by atoms with E-state index in [4.69, 9.17) is 4.74 Å². The van der Waals surface area contributed by atoms with Gasteiger partial charge in [-0.3, -0.25) is 4.90 Å². The van der Waals surface area contributed by atoms with Crippen LogP contribution in [0.5, 0.6) is 5.75 Å². The van der Waals surface area contributed by atoms with Gasteiger partial charge in [0.25, 0.3) is 0 Å². The van der Waals surface area contributed by atoms with Gasteiger partial charge in [-0.05, 0) is 37.2 Å². The van der Waals surface area contributed by atoms with Crippen molar-refractivity contribution in [3.05, 3.63) is 66.0 Å². The second-order valence-corrected chi connectivity index (χ2v) is 7.37. The van der Waals surface area contributed by atoms with E-state index < -0.39 is 5.67 Å². The third kappa shape index (κ3) is 6.25. The Kier molecular flexibility index (Phi) is 7.56. The summed E-state index contributed by atoms with van der Waals surface area (Å²) in [5.74, 6) is 0.410. The molecule has 3 rings (SSSR count). The van der Waals surface area contributed by atoms with Gasteiger partial charge >= 0.3 is 0 Å². The number of hydrogen-bond donors (Lipinski definition) is 0. The highest BCUT2D eigenvalue weighted by Crippen LogP contribution is 2.30. The average molecular weight is 399 g/mol. The first-order valence-electron chi connectivity index (χ1n) is 10.1. The zero-order valence-electron chi connectivity index (χ0n) is 16.6. The van der Waals surface area contributed by atoms with Gasteiger partial charge in [0.2, 0.25) is 5.67 Å². The van der Waals surface area contributed by atoms with Gasteiger partial charge in [-0.15, -0.1) is 0 Å². The summed E-state index contributed by atoms with van der Waals surface area (Å²) in [4.78, 5) is 4.65. The van der Waals surface area contributed by atoms with Gasteiger partial charge in [-0.1, -0.05) is 30.3 Å². The van der Waals surface area contributed by atoms with E-state index in [1.165, 1.54) is 12.1 Å². The van der Waals surface area contributed by atoms with E-state index in [9.17, 15) is 14.0 Å². The molecule has 0 N–H and O–H groups in total. The number of benzene rings is 2.